The van der Waals surface area contributed by atoms with E-state index in [0.717, 1.165) is 5.56 Å². The Balaban J connectivity index is 2.35. The molecule has 0 aliphatic carbocycles. The Labute approximate surface area is 120 Å². The van der Waals surface area contributed by atoms with Crippen molar-refractivity contribution >= 4 is 11.5 Å². The summed E-state index contributed by atoms with van der Waals surface area (Å²) in [6, 6.07) is 9.24. The van der Waals surface area contributed by atoms with E-state index in [2.05, 4.69) is 10.1 Å². The Hall–Kier alpha value is -2.89. The Morgan fingerprint density at radius 3 is 2.81 bits per heavy atom. The van der Waals surface area contributed by atoms with Crippen molar-refractivity contribution in [2.45, 2.75) is 6.92 Å². The summed E-state index contributed by atoms with van der Waals surface area (Å²) in [4.78, 5) is 26.8. The maximum absolute atomic E-state index is 12.1. The lowest BCUT2D eigenvalue weighted by atomic mass is 10.0. The number of carbonyl (C=O) groups excluding carboxylic acids is 1. The molecule has 0 unspecified atom stereocenters. The third kappa shape index (κ3) is 2.20. The van der Waals surface area contributed by atoms with E-state index >= 15 is 0 Å². The fourth-order valence-corrected chi connectivity index (χ4v) is 2.28. The van der Waals surface area contributed by atoms with Crippen LogP contribution >= 0.6 is 0 Å². The van der Waals surface area contributed by atoms with Gasteiger partial charge in [-0.15, -0.1) is 0 Å². The number of aromatic amines is 1. The standard InChI is InChI=1S/C15H13N3O3/c1-2-21-15(20)11-8-18-13(14(19)16-9-17-18)12(11)10-6-4-3-5-7-10/h3-9H,2H2,1H3,(H,16,17,19). The summed E-state index contributed by atoms with van der Waals surface area (Å²) >= 11 is 0. The highest BCUT2D eigenvalue weighted by molar-refractivity contribution is 6.02. The van der Waals surface area contributed by atoms with Gasteiger partial charge >= 0.3 is 5.97 Å². The van der Waals surface area contributed by atoms with Gasteiger partial charge in [0.05, 0.1) is 12.2 Å². The molecule has 0 bridgehead atoms. The van der Waals surface area contributed by atoms with Crippen LogP contribution in [0.15, 0.2) is 47.7 Å². The molecule has 3 aromatic rings. The van der Waals surface area contributed by atoms with Crippen molar-refractivity contribution in [3.63, 3.8) is 0 Å². The smallest absolute Gasteiger partial charge is 0.340 e. The van der Waals surface area contributed by atoms with Crippen LogP contribution in [0.1, 0.15) is 17.3 Å². The van der Waals surface area contributed by atoms with Crippen LogP contribution in [0.5, 0.6) is 0 Å². The normalized spacial score (nSPS) is 10.7. The first-order chi connectivity index (χ1) is 10.2. The van der Waals surface area contributed by atoms with Gasteiger partial charge in [0.15, 0.2) is 0 Å². The lowest BCUT2D eigenvalue weighted by Gasteiger charge is -2.04. The molecule has 0 saturated heterocycles. The van der Waals surface area contributed by atoms with Crippen molar-refractivity contribution in [3.8, 4) is 11.1 Å². The van der Waals surface area contributed by atoms with E-state index in [1.165, 1.54) is 17.0 Å². The summed E-state index contributed by atoms with van der Waals surface area (Å²) < 4.78 is 6.46. The van der Waals surface area contributed by atoms with Gasteiger partial charge in [-0.25, -0.2) is 9.31 Å². The van der Waals surface area contributed by atoms with Gasteiger partial charge in [-0.3, -0.25) is 4.79 Å². The molecule has 1 aromatic carbocycles. The third-order valence-electron chi connectivity index (χ3n) is 3.14. The molecule has 0 fully saturated rings. The van der Waals surface area contributed by atoms with E-state index in [0.29, 0.717) is 16.6 Å². The average Bonchev–Trinajstić information content (AvgIpc) is 2.89. The van der Waals surface area contributed by atoms with Crippen LogP contribution in [0.3, 0.4) is 0 Å². The average molecular weight is 283 g/mol. The van der Waals surface area contributed by atoms with Gasteiger partial charge in [0.25, 0.3) is 5.56 Å². The number of nitrogens with zero attached hydrogens (tertiary/aromatic N) is 2. The zero-order chi connectivity index (χ0) is 14.8. The SMILES string of the molecule is CCOC(=O)c1cn2nc[nH]c(=O)c2c1-c1ccccc1. The molecule has 6 nitrogen and oxygen atoms in total. The van der Waals surface area contributed by atoms with Gasteiger partial charge in [0, 0.05) is 11.8 Å². The molecule has 2 heterocycles. The first kappa shape index (κ1) is 13.1. The second-order valence-corrected chi connectivity index (χ2v) is 4.42. The van der Waals surface area contributed by atoms with Crippen LogP contribution in [0.4, 0.5) is 0 Å². The van der Waals surface area contributed by atoms with Crippen molar-refractivity contribution in [1.29, 1.82) is 0 Å². The number of hydrogen-bond donors (Lipinski definition) is 1. The number of nitrogens with one attached hydrogen (secondary N) is 1. The van der Waals surface area contributed by atoms with E-state index in [4.69, 9.17) is 4.74 Å². The molecule has 0 spiro atoms. The van der Waals surface area contributed by atoms with Crippen LogP contribution in [0.25, 0.3) is 16.6 Å². The molecule has 1 N–H and O–H groups in total. The lowest BCUT2D eigenvalue weighted by molar-refractivity contribution is 0.0527. The molecule has 0 radical (unpaired) electrons. The molecule has 3 rings (SSSR count). The second kappa shape index (κ2) is 5.24. The highest BCUT2D eigenvalue weighted by Gasteiger charge is 2.21. The molecule has 6 heteroatoms. The van der Waals surface area contributed by atoms with Crippen molar-refractivity contribution in [2.24, 2.45) is 0 Å². The molecule has 0 saturated carbocycles. The van der Waals surface area contributed by atoms with Crippen molar-refractivity contribution in [2.75, 3.05) is 6.61 Å². The number of esters is 1. The van der Waals surface area contributed by atoms with Crippen molar-refractivity contribution in [3.05, 3.63) is 58.8 Å². The minimum atomic E-state index is -0.471. The first-order valence-corrected chi connectivity index (χ1v) is 6.54. The van der Waals surface area contributed by atoms with E-state index in [9.17, 15) is 9.59 Å². The van der Waals surface area contributed by atoms with Crippen LogP contribution in [-0.2, 0) is 4.74 Å². The summed E-state index contributed by atoms with van der Waals surface area (Å²) in [6.07, 6.45) is 2.81. The number of fused-ring (bicyclic) bond motifs is 1. The van der Waals surface area contributed by atoms with Gasteiger partial charge in [0.2, 0.25) is 0 Å². The number of ether oxygens (including phenoxy) is 1. The highest BCUT2D eigenvalue weighted by Crippen LogP contribution is 2.28. The van der Waals surface area contributed by atoms with Gasteiger partial charge < -0.3 is 9.72 Å². The molecular weight excluding hydrogens is 270 g/mol. The molecule has 0 aliphatic rings. The number of H-pyrrole nitrogens is 1. The van der Waals surface area contributed by atoms with Crippen LogP contribution < -0.4 is 5.56 Å². The molecule has 0 amide bonds. The maximum Gasteiger partial charge on any atom is 0.340 e. The van der Waals surface area contributed by atoms with Crippen LogP contribution in [0, 0.1) is 0 Å². The maximum atomic E-state index is 12.1. The van der Waals surface area contributed by atoms with Gasteiger partial charge in [-0.1, -0.05) is 30.3 Å². The number of aromatic nitrogens is 3. The number of hydrogen-bond acceptors (Lipinski definition) is 4. The Kier molecular flexibility index (Phi) is 3.27. The molecular formula is C15H13N3O3. The largest absolute Gasteiger partial charge is 0.462 e. The number of carbonyl (C=O) groups is 1. The summed E-state index contributed by atoms with van der Waals surface area (Å²) in [7, 11) is 0. The number of benzene rings is 1. The van der Waals surface area contributed by atoms with Crippen molar-refractivity contribution < 1.29 is 9.53 Å². The lowest BCUT2D eigenvalue weighted by Crippen LogP contribution is -2.10. The minimum Gasteiger partial charge on any atom is -0.462 e. The van der Waals surface area contributed by atoms with Crippen molar-refractivity contribution in [1.82, 2.24) is 14.6 Å². The second-order valence-electron chi connectivity index (χ2n) is 4.42. The minimum absolute atomic E-state index is 0.267. The summed E-state index contributed by atoms with van der Waals surface area (Å²) in [6.45, 7) is 2.00. The Morgan fingerprint density at radius 1 is 1.33 bits per heavy atom. The van der Waals surface area contributed by atoms with Crippen LogP contribution in [0.2, 0.25) is 0 Å². The van der Waals surface area contributed by atoms with E-state index < -0.39 is 5.97 Å². The van der Waals surface area contributed by atoms with Gasteiger partial charge in [-0.05, 0) is 12.5 Å². The zero-order valence-electron chi connectivity index (χ0n) is 11.4. The fourth-order valence-electron chi connectivity index (χ4n) is 2.28. The number of rotatable bonds is 3. The topological polar surface area (TPSA) is 76.5 Å². The Morgan fingerprint density at radius 2 is 2.10 bits per heavy atom. The van der Waals surface area contributed by atoms with E-state index in [1.54, 1.807) is 6.92 Å². The van der Waals surface area contributed by atoms with Gasteiger partial charge in [-0.2, -0.15) is 5.10 Å². The Bertz CT molecular complexity index is 849. The molecule has 106 valence electrons. The van der Waals surface area contributed by atoms with E-state index in [-0.39, 0.29) is 12.2 Å². The highest BCUT2D eigenvalue weighted by atomic mass is 16.5. The summed E-state index contributed by atoms with van der Waals surface area (Å²) in [5.74, 6) is -0.471. The first-order valence-electron chi connectivity index (χ1n) is 6.54. The monoisotopic (exact) mass is 283 g/mol. The van der Waals surface area contributed by atoms with Gasteiger partial charge in [0.1, 0.15) is 11.8 Å². The fraction of sp³-hybridized carbons (Fsp3) is 0.133. The zero-order valence-corrected chi connectivity index (χ0v) is 11.4. The molecule has 0 aliphatic heterocycles. The third-order valence-corrected chi connectivity index (χ3v) is 3.14. The quantitative estimate of drug-likeness (QED) is 0.744. The van der Waals surface area contributed by atoms with Crippen LogP contribution in [-0.4, -0.2) is 27.2 Å². The summed E-state index contributed by atoms with van der Waals surface area (Å²) in [5, 5.41) is 4.04. The molecule has 0 atom stereocenters. The van der Waals surface area contributed by atoms with E-state index in [1.807, 2.05) is 30.3 Å². The predicted octanol–water partition coefficient (Wildman–Crippen LogP) is 1.87. The predicted molar refractivity (Wildman–Crippen MR) is 77.2 cm³/mol. The molecule has 2 aromatic heterocycles. The molecule has 21 heavy (non-hydrogen) atoms. The summed E-state index contributed by atoms with van der Waals surface area (Å²) in [5.41, 5.74) is 1.64.